The fraction of sp³-hybridized carbons (Fsp3) is 0. The van der Waals surface area contributed by atoms with Crippen LogP contribution in [0.25, 0.3) is 10.2 Å². The van der Waals surface area contributed by atoms with Gasteiger partial charge in [-0.2, -0.15) is 0 Å². The Kier molecular flexibility index (Phi) is 4.04. The molecule has 0 aliphatic carbocycles. The summed E-state index contributed by atoms with van der Waals surface area (Å²) in [6, 6.07) is 10.2. The molecule has 3 rings (SSSR count). The first-order valence-corrected chi connectivity index (χ1v) is 7.81. The van der Waals surface area contributed by atoms with Gasteiger partial charge in [0.25, 0.3) is 5.91 Å². The summed E-state index contributed by atoms with van der Waals surface area (Å²) < 4.78 is 0.807. The van der Waals surface area contributed by atoms with Crippen LogP contribution < -0.4 is 5.32 Å². The van der Waals surface area contributed by atoms with Gasteiger partial charge in [-0.25, -0.2) is 4.98 Å². The van der Waals surface area contributed by atoms with Crippen LogP contribution in [-0.2, 0) is 0 Å². The topological polar surface area (TPSA) is 42.0 Å². The van der Waals surface area contributed by atoms with E-state index in [0.29, 0.717) is 31.3 Å². The second-order valence-electron chi connectivity index (χ2n) is 4.19. The molecule has 1 aromatic heterocycles. The monoisotopic (exact) mass is 356 g/mol. The second-order valence-corrected chi connectivity index (χ2v) is 6.47. The average Bonchev–Trinajstić information content (AvgIpc) is 2.81. The molecule has 0 fully saturated rings. The third-order valence-corrected chi connectivity index (χ3v) is 4.51. The van der Waals surface area contributed by atoms with E-state index in [-0.39, 0.29) is 5.91 Å². The number of thiazole rings is 1. The average molecular weight is 358 g/mol. The van der Waals surface area contributed by atoms with Crippen molar-refractivity contribution in [2.45, 2.75) is 0 Å². The molecule has 2 aromatic carbocycles. The lowest BCUT2D eigenvalue weighted by Gasteiger charge is -2.02. The second kappa shape index (κ2) is 5.81. The summed E-state index contributed by atoms with van der Waals surface area (Å²) in [5.41, 5.74) is 1.00. The first-order valence-electron chi connectivity index (χ1n) is 5.86. The first-order chi connectivity index (χ1) is 10.0. The Morgan fingerprint density at radius 2 is 1.86 bits per heavy atom. The molecule has 3 nitrogen and oxygen atoms in total. The highest BCUT2D eigenvalue weighted by atomic mass is 35.5. The van der Waals surface area contributed by atoms with Crippen molar-refractivity contribution in [2.24, 2.45) is 0 Å². The van der Waals surface area contributed by atoms with E-state index in [0.717, 1.165) is 4.70 Å². The number of hydrogen-bond acceptors (Lipinski definition) is 3. The molecule has 0 radical (unpaired) electrons. The molecule has 0 unspecified atom stereocenters. The van der Waals surface area contributed by atoms with Gasteiger partial charge in [0, 0.05) is 5.02 Å². The molecule has 0 saturated carbocycles. The van der Waals surface area contributed by atoms with E-state index in [9.17, 15) is 4.79 Å². The van der Waals surface area contributed by atoms with Gasteiger partial charge in [0.1, 0.15) is 5.52 Å². The Bertz CT molecular complexity index is 847. The molecule has 3 aromatic rings. The number of fused-ring (bicyclic) bond motifs is 1. The van der Waals surface area contributed by atoms with Crippen LogP contribution in [0.5, 0.6) is 0 Å². The number of anilines is 1. The Hall–Kier alpha value is -1.33. The van der Waals surface area contributed by atoms with Gasteiger partial charge in [-0.05, 0) is 24.3 Å². The molecule has 7 heteroatoms. The number of amides is 1. The largest absolute Gasteiger partial charge is 0.298 e. The zero-order valence-corrected chi connectivity index (χ0v) is 13.4. The number of nitrogens with one attached hydrogen (secondary N) is 1. The Labute approximate surface area is 139 Å². The van der Waals surface area contributed by atoms with E-state index in [2.05, 4.69) is 10.3 Å². The predicted molar refractivity (Wildman–Crippen MR) is 89.0 cm³/mol. The number of carbonyl (C=O) groups is 1. The fourth-order valence-electron chi connectivity index (χ4n) is 1.82. The summed E-state index contributed by atoms with van der Waals surface area (Å²) in [5.74, 6) is -0.318. The number of hydrogen-bond donors (Lipinski definition) is 1. The highest BCUT2D eigenvalue weighted by molar-refractivity contribution is 7.22. The van der Waals surface area contributed by atoms with Crippen LogP contribution in [0.1, 0.15) is 10.4 Å². The molecule has 0 atom stereocenters. The van der Waals surface area contributed by atoms with Crippen LogP contribution in [0, 0.1) is 0 Å². The standard InChI is InChI=1S/C14H7Cl3N2OS/c15-7-5-10(17)12-11(6-7)21-14(18-12)19-13(20)8-3-1-2-4-9(8)16/h1-6H,(H,18,19,20). The molecule has 106 valence electrons. The number of aromatic nitrogens is 1. The van der Waals surface area contributed by atoms with Crippen molar-refractivity contribution < 1.29 is 4.79 Å². The Morgan fingerprint density at radius 1 is 1.10 bits per heavy atom. The van der Waals surface area contributed by atoms with Crippen molar-refractivity contribution in [3.8, 4) is 0 Å². The lowest BCUT2D eigenvalue weighted by atomic mass is 10.2. The highest BCUT2D eigenvalue weighted by Crippen LogP contribution is 2.34. The van der Waals surface area contributed by atoms with Crippen LogP contribution in [0.15, 0.2) is 36.4 Å². The van der Waals surface area contributed by atoms with Gasteiger partial charge in [-0.1, -0.05) is 58.3 Å². The lowest BCUT2D eigenvalue weighted by molar-refractivity contribution is 0.102. The van der Waals surface area contributed by atoms with Crippen molar-refractivity contribution in [1.29, 1.82) is 0 Å². The fourth-order valence-corrected chi connectivity index (χ4v) is 3.63. The van der Waals surface area contributed by atoms with Gasteiger partial charge in [-0.3, -0.25) is 10.1 Å². The third-order valence-electron chi connectivity index (χ3n) is 2.75. The van der Waals surface area contributed by atoms with E-state index >= 15 is 0 Å². The van der Waals surface area contributed by atoms with Crippen molar-refractivity contribution in [1.82, 2.24) is 4.98 Å². The maximum Gasteiger partial charge on any atom is 0.258 e. The maximum absolute atomic E-state index is 12.2. The lowest BCUT2D eigenvalue weighted by Crippen LogP contribution is -2.11. The van der Waals surface area contributed by atoms with Crippen molar-refractivity contribution in [3.63, 3.8) is 0 Å². The number of nitrogens with zero attached hydrogens (tertiary/aromatic N) is 1. The minimum atomic E-state index is -0.318. The Balaban J connectivity index is 1.94. The zero-order valence-electron chi connectivity index (χ0n) is 10.4. The van der Waals surface area contributed by atoms with Crippen molar-refractivity contribution in [2.75, 3.05) is 5.32 Å². The van der Waals surface area contributed by atoms with E-state index in [1.165, 1.54) is 11.3 Å². The highest BCUT2D eigenvalue weighted by Gasteiger charge is 2.14. The minimum Gasteiger partial charge on any atom is -0.298 e. The number of halogens is 3. The summed E-state index contributed by atoms with van der Waals surface area (Å²) in [6.45, 7) is 0. The normalized spacial score (nSPS) is 10.8. The van der Waals surface area contributed by atoms with Gasteiger partial charge < -0.3 is 0 Å². The molecular weight excluding hydrogens is 351 g/mol. The molecule has 0 saturated heterocycles. The van der Waals surface area contributed by atoms with Crippen LogP contribution in [0.2, 0.25) is 15.1 Å². The van der Waals surface area contributed by atoms with Gasteiger partial charge in [0.2, 0.25) is 0 Å². The summed E-state index contributed by atoms with van der Waals surface area (Å²) in [7, 11) is 0. The van der Waals surface area contributed by atoms with Crippen LogP contribution in [-0.4, -0.2) is 10.9 Å². The molecule has 1 heterocycles. The number of benzene rings is 2. The van der Waals surface area contributed by atoms with Gasteiger partial charge in [0.05, 0.1) is 20.3 Å². The Morgan fingerprint density at radius 3 is 2.62 bits per heavy atom. The third kappa shape index (κ3) is 2.99. The smallest absolute Gasteiger partial charge is 0.258 e. The number of carbonyl (C=O) groups excluding carboxylic acids is 1. The molecule has 0 bridgehead atoms. The molecule has 0 aliphatic heterocycles. The maximum atomic E-state index is 12.2. The first kappa shape index (κ1) is 14.6. The molecule has 0 spiro atoms. The number of rotatable bonds is 2. The van der Waals surface area contributed by atoms with E-state index < -0.39 is 0 Å². The molecule has 1 N–H and O–H groups in total. The zero-order chi connectivity index (χ0) is 15.0. The molecule has 1 amide bonds. The summed E-state index contributed by atoms with van der Waals surface area (Å²) in [6.07, 6.45) is 0. The van der Waals surface area contributed by atoms with E-state index in [1.54, 1.807) is 36.4 Å². The quantitative estimate of drug-likeness (QED) is 0.657. The van der Waals surface area contributed by atoms with Crippen LogP contribution in [0.3, 0.4) is 0 Å². The van der Waals surface area contributed by atoms with E-state index in [1.807, 2.05) is 0 Å². The van der Waals surface area contributed by atoms with Crippen LogP contribution >= 0.6 is 46.1 Å². The summed E-state index contributed by atoms with van der Waals surface area (Å²) in [4.78, 5) is 16.5. The summed E-state index contributed by atoms with van der Waals surface area (Å²) >= 11 is 19.3. The van der Waals surface area contributed by atoms with Crippen molar-refractivity contribution >= 4 is 67.4 Å². The van der Waals surface area contributed by atoms with Crippen molar-refractivity contribution in [3.05, 3.63) is 57.0 Å². The van der Waals surface area contributed by atoms with Gasteiger partial charge in [0.15, 0.2) is 5.13 Å². The molecule has 21 heavy (non-hydrogen) atoms. The van der Waals surface area contributed by atoms with Gasteiger partial charge >= 0.3 is 0 Å². The van der Waals surface area contributed by atoms with E-state index in [4.69, 9.17) is 34.8 Å². The SMILES string of the molecule is O=C(Nc1nc2c(Cl)cc(Cl)cc2s1)c1ccccc1Cl. The molecular formula is C14H7Cl3N2OS. The predicted octanol–water partition coefficient (Wildman–Crippen LogP) is 5.51. The summed E-state index contributed by atoms with van der Waals surface area (Å²) in [5, 5.41) is 4.53. The minimum absolute atomic E-state index is 0.318. The van der Waals surface area contributed by atoms with Gasteiger partial charge in [-0.15, -0.1) is 0 Å². The molecule has 0 aliphatic rings. The van der Waals surface area contributed by atoms with Crippen LogP contribution in [0.4, 0.5) is 5.13 Å².